The summed E-state index contributed by atoms with van der Waals surface area (Å²) < 4.78 is 0. The van der Waals surface area contributed by atoms with Crippen LogP contribution < -0.4 is 10.6 Å². The van der Waals surface area contributed by atoms with Crippen LogP contribution in [0.2, 0.25) is 10.0 Å². The van der Waals surface area contributed by atoms with E-state index >= 15 is 0 Å². The molecule has 4 rings (SSSR count). The molecule has 4 nitrogen and oxygen atoms in total. The van der Waals surface area contributed by atoms with Crippen LogP contribution in [0.3, 0.4) is 0 Å². The van der Waals surface area contributed by atoms with Crippen LogP contribution in [-0.2, 0) is 4.79 Å². The van der Waals surface area contributed by atoms with Crippen molar-refractivity contribution in [3.8, 4) is 0 Å². The molecule has 2 heterocycles. The second-order valence-corrected chi connectivity index (χ2v) is 7.16. The first-order valence-electron chi connectivity index (χ1n) is 8.11. The van der Waals surface area contributed by atoms with E-state index in [4.69, 9.17) is 23.2 Å². The fraction of sp³-hybridized carbons (Fsp3) is 0.333. The zero-order valence-corrected chi connectivity index (χ0v) is 14.5. The number of anilines is 2. The molecule has 0 bridgehead atoms. The summed E-state index contributed by atoms with van der Waals surface area (Å²) in [6, 6.07) is 5.58. The van der Waals surface area contributed by atoms with E-state index in [-0.39, 0.29) is 11.8 Å². The molecule has 0 unspecified atom stereocenters. The van der Waals surface area contributed by atoms with Gasteiger partial charge in [0.05, 0.1) is 27.8 Å². The largest absolute Gasteiger partial charge is 0.385 e. The molecule has 2 aliphatic rings. The van der Waals surface area contributed by atoms with E-state index in [1.54, 1.807) is 24.5 Å². The highest BCUT2D eigenvalue weighted by Crippen LogP contribution is 2.43. The molecular formula is C18H17Cl2N3O. The fourth-order valence-electron chi connectivity index (χ4n) is 3.26. The van der Waals surface area contributed by atoms with Gasteiger partial charge in [-0.2, -0.15) is 0 Å². The summed E-state index contributed by atoms with van der Waals surface area (Å²) >= 11 is 12.2. The molecule has 1 atom stereocenters. The van der Waals surface area contributed by atoms with Crippen molar-refractivity contribution in [1.82, 2.24) is 4.98 Å². The van der Waals surface area contributed by atoms with Crippen LogP contribution in [-0.4, -0.2) is 17.4 Å². The summed E-state index contributed by atoms with van der Waals surface area (Å²) in [5.74, 6) is 0.283. The molecule has 1 aliphatic heterocycles. The van der Waals surface area contributed by atoms with E-state index in [1.165, 1.54) is 18.4 Å². The molecule has 2 aromatic rings. The number of hydrogen-bond donors (Lipinski definition) is 2. The zero-order chi connectivity index (χ0) is 16.7. The highest BCUT2D eigenvalue weighted by atomic mass is 35.5. The van der Waals surface area contributed by atoms with Crippen molar-refractivity contribution in [3.63, 3.8) is 0 Å². The molecule has 1 amide bonds. The van der Waals surface area contributed by atoms with Crippen LogP contribution in [0.25, 0.3) is 0 Å². The topological polar surface area (TPSA) is 54.0 Å². The predicted molar refractivity (Wildman–Crippen MR) is 97.2 cm³/mol. The van der Waals surface area contributed by atoms with Gasteiger partial charge in [-0.25, -0.2) is 0 Å². The molecule has 24 heavy (non-hydrogen) atoms. The van der Waals surface area contributed by atoms with Crippen LogP contribution in [0.15, 0.2) is 30.6 Å². The number of rotatable bonds is 3. The van der Waals surface area contributed by atoms with Crippen molar-refractivity contribution < 1.29 is 4.79 Å². The lowest BCUT2D eigenvalue weighted by Crippen LogP contribution is -2.28. The van der Waals surface area contributed by atoms with Gasteiger partial charge in [0, 0.05) is 18.4 Å². The number of nitrogens with zero attached hydrogens (tertiary/aromatic N) is 1. The van der Waals surface area contributed by atoms with Crippen molar-refractivity contribution in [3.05, 3.63) is 51.8 Å². The summed E-state index contributed by atoms with van der Waals surface area (Å²) in [5.41, 5.74) is 3.78. The van der Waals surface area contributed by atoms with Gasteiger partial charge >= 0.3 is 0 Å². The maximum atomic E-state index is 12.9. The Morgan fingerprint density at radius 3 is 2.75 bits per heavy atom. The molecule has 6 heteroatoms. The first-order chi connectivity index (χ1) is 11.6. The summed E-state index contributed by atoms with van der Waals surface area (Å²) in [7, 11) is 0. The smallest absolute Gasteiger partial charge is 0.232 e. The molecular weight excluding hydrogens is 345 g/mol. The van der Waals surface area contributed by atoms with Crippen LogP contribution in [0.4, 0.5) is 11.4 Å². The molecule has 1 aliphatic carbocycles. The predicted octanol–water partition coefficient (Wildman–Crippen LogP) is 4.80. The highest BCUT2D eigenvalue weighted by Gasteiger charge is 2.30. The average molecular weight is 362 g/mol. The Morgan fingerprint density at radius 1 is 1.17 bits per heavy atom. The number of benzene rings is 1. The van der Waals surface area contributed by atoms with Crippen LogP contribution in [0.5, 0.6) is 0 Å². The van der Waals surface area contributed by atoms with Crippen molar-refractivity contribution in [2.24, 2.45) is 0 Å². The first kappa shape index (κ1) is 15.7. The molecule has 2 N–H and O–H groups in total. The van der Waals surface area contributed by atoms with Gasteiger partial charge in [-0.3, -0.25) is 9.78 Å². The summed E-state index contributed by atoms with van der Waals surface area (Å²) in [6.07, 6.45) is 6.59. The SMILES string of the molecule is O=C(Nc1cnccc1C1CC1)[C@@H]1CCNc2cc(Cl)c(Cl)cc21. The number of amides is 1. The van der Waals surface area contributed by atoms with Crippen LogP contribution in [0.1, 0.15) is 42.2 Å². The minimum atomic E-state index is -0.247. The number of aromatic nitrogens is 1. The molecule has 1 aromatic carbocycles. The molecule has 1 saturated carbocycles. The van der Waals surface area contributed by atoms with E-state index in [0.717, 1.165) is 29.9 Å². The Morgan fingerprint density at radius 2 is 1.96 bits per heavy atom. The van der Waals surface area contributed by atoms with Gasteiger partial charge in [0.1, 0.15) is 0 Å². The molecule has 124 valence electrons. The third kappa shape index (κ3) is 2.96. The van der Waals surface area contributed by atoms with Crippen molar-refractivity contribution in [1.29, 1.82) is 0 Å². The number of carbonyl (C=O) groups excluding carboxylic acids is 1. The van der Waals surface area contributed by atoms with Crippen molar-refractivity contribution >= 4 is 40.5 Å². The summed E-state index contributed by atoms with van der Waals surface area (Å²) in [4.78, 5) is 17.0. The minimum Gasteiger partial charge on any atom is -0.385 e. The lowest BCUT2D eigenvalue weighted by atomic mass is 9.90. The van der Waals surface area contributed by atoms with Crippen LogP contribution in [0, 0.1) is 0 Å². The van der Waals surface area contributed by atoms with Gasteiger partial charge in [0.2, 0.25) is 5.91 Å². The van der Waals surface area contributed by atoms with Crippen molar-refractivity contribution in [2.75, 3.05) is 17.2 Å². The quantitative estimate of drug-likeness (QED) is 0.824. The average Bonchev–Trinajstić information content (AvgIpc) is 3.41. The van der Waals surface area contributed by atoms with E-state index < -0.39 is 0 Å². The lowest BCUT2D eigenvalue weighted by Gasteiger charge is -2.27. The molecule has 1 fully saturated rings. The highest BCUT2D eigenvalue weighted by molar-refractivity contribution is 6.42. The number of fused-ring (bicyclic) bond motifs is 1. The maximum absolute atomic E-state index is 12.9. The van der Waals surface area contributed by atoms with Gasteiger partial charge in [-0.05, 0) is 54.5 Å². The number of nitrogens with one attached hydrogen (secondary N) is 2. The van der Waals surface area contributed by atoms with E-state index in [2.05, 4.69) is 15.6 Å². The Labute approximate surface area is 150 Å². The molecule has 0 saturated heterocycles. The normalized spacial score (nSPS) is 19.3. The summed E-state index contributed by atoms with van der Waals surface area (Å²) in [6.45, 7) is 0.728. The van der Waals surface area contributed by atoms with Crippen molar-refractivity contribution in [2.45, 2.75) is 31.1 Å². The van der Waals surface area contributed by atoms with Crippen LogP contribution >= 0.6 is 23.2 Å². The molecule has 1 aromatic heterocycles. The lowest BCUT2D eigenvalue weighted by molar-refractivity contribution is -0.117. The third-order valence-corrected chi connectivity index (χ3v) is 5.38. The van der Waals surface area contributed by atoms with Gasteiger partial charge in [-0.1, -0.05) is 23.2 Å². The number of pyridine rings is 1. The second-order valence-electron chi connectivity index (χ2n) is 6.35. The molecule has 0 spiro atoms. The second kappa shape index (κ2) is 6.26. The van der Waals surface area contributed by atoms with E-state index in [1.807, 2.05) is 6.07 Å². The first-order valence-corrected chi connectivity index (χ1v) is 8.86. The van der Waals surface area contributed by atoms with Gasteiger partial charge < -0.3 is 10.6 Å². The molecule has 0 radical (unpaired) electrons. The number of carbonyl (C=O) groups is 1. The van der Waals surface area contributed by atoms with Gasteiger partial charge in [-0.15, -0.1) is 0 Å². The Kier molecular flexibility index (Phi) is 4.10. The number of hydrogen-bond acceptors (Lipinski definition) is 3. The zero-order valence-electron chi connectivity index (χ0n) is 13.0. The Bertz CT molecular complexity index is 805. The Balaban J connectivity index is 1.61. The minimum absolute atomic E-state index is 0.0222. The summed E-state index contributed by atoms with van der Waals surface area (Å²) in [5, 5.41) is 7.32. The standard InChI is InChI=1S/C18H17Cl2N3O/c19-14-7-13-12(4-6-22-16(13)8-15(14)20)18(24)23-17-9-21-5-3-11(17)10-1-2-10/h3,5,7-10,12,22H,1-2,4,6H2,(H,23,24)/t12-/m1/s1. The van der Waals surface area contributed by atoms with E-state index in [0.29, 0.717) is 16.0 Å². The fourth-order valence-corrected chi connectivity index (χ4v) is 3.60. The Hall–Kier alpha value is -1.78. The van der Waals surface area contributed by atoms with E-state index in [9.17, 15) is 4.79 Å². The third-order valence-electron chi connectivity index (χ3n) is 4.66. The van der Waals surface area contributed by atoms with Gasteiger partial charge in [0.25, 0.3) is 0 Å². The number of halogens is 2. The monoisotopic (exact) mass is 361 g/mol. The van der Waals surface area contributed by atoms with Gasteiger partial charge in [0.15, 0.2) is 0 Å². The maximum Gasteiger partial charge on any atom is 0.232 e.